The number of hydrogen-bond acceptors (Lipinski definition) is 2. The van der Waals surface area contributed by atoms with Crippen molar-refractivity contribution in [2.75, 3.05) is 0 Å². The lowest BCUT2D eigenvalue weighted by Gasteiger charge is -2.73. The van der Waals surface area contributed by atoms with Crippen LogP contribution in [-0.4, -0.2) is 22.2 Å². The fourth-order valence-electron chi connectivity index (χ4n) is 13.0. The molecule has 0 radical (unpaired) electrons. The van der Waals surface area contributed by atoms with E-state index in [1.54, 1.807) is 12.1 Å². The van der Waals surface area contributed by atoms with Crippen LogP contribution in [0.1, 0.15) is 128 Å². The summed E-state index contributed by atoms with van der Waals surface area (Å²) >= 11 is 0. The monoisotopic (exact) mass is 560 g/mol. The fourth-order valence-corrected chi connectivity index (χ4v) is 13.0. The highest BCUT2D eigenvalue weighted by Gasteiger charge is 2.72. The molecule has 224 valence electrons. The molecule has 0 aromatic heterocycles. The number of allylic oxidation sites excluding steroid dienone is 1. The minimum atomic E-state index is -0.863. The number of fused-ring (bicyclic) bond motifs is 7. The van der Waals surface area contributed by atoms with E-state index in [1.807, 2.05) is 0 Å². The van der Waals surface area contributed by atoms with Gasteiger partial charge in [0.1, 0.15) is 0 Å². The molecule has 0 saturated heterocycles. The van der Waals surface area contributed by atoms with Crippen molar-refractivity contribution in [1.29, 1.82) is 0 Å². The molecular formula is C37H52O4. The molecule has 6 rings (SSSR count). The van der Waals surface area contributed by atoms with Crippen molar-refractivity contribution >= 4 is 11.9 Å². The van der Waals surface area contributed by atoms with Crippen LogP contribution < -0.4 is 0 Å². The number of rotatable bonds is 4. The number of aromatic carboxylic acids is 1. The van der Waals surface area contributed by atoms with Crippen molar-refractivity contribution < 1.29 is 19.8 Å². The summed E-state index contributed by atoms with van der Waals surface area (Å²) in [6.07, 6.45) is 10.8. The quantitative estimate of drug-likeness (QED) is 0.360. The Bertz CT molecular complexity index is 1260. The van der Waals surface area contributed by atoms with Crippen LogP contribution in [0.2, 0.25) is 0 Å². The van der Waals surface area contributed by atoms with Gasteiger partial charge in [-0.2, -0.15) is 0 Å². The van der Waals surface area contributed by atoms with Gasteiger partial charge in [-0.3, -0.25) is 4.79 Å². The van der Waals surface area contributed by atoms with Crippen LogP contribution in [0.4, 0.5) is 0 Å². The van der Waals surface area contributed by atoms with Crippen molar-refractivity contribution in [1.82, 2.24) is 0 Å². The molecule has 5 aliphatic carbocycles. The number of hydrogen-bond donors (Lipinski definition) is 2. The highest BCUT2D eigenvalue weighted by molar-refractivity contribution is 5.87. The first-order valence-corrected chi connectivity index (χ1v) is 16.4. The Labute approximate surface area is 247 Å². The molecule has 5 saturated carbocycles. The summed E-state index contributed by atoms with van der Waals surface area (Å²) < 4.78 is 0. The highest BCUT2D eigenvalue weighted by Crippen LogP contribution is 2.78. The molecule has 1 aromatic rings. The molecular weight excluding hydrogens is 508 g/mol. The molecule has 10 atom stereocenters. The van der Waals surface area contributed by atoms with Crippen molar-refractivity contribution in [2.24, 2.45) is 56.7 Å². The van der Waals surface area contributed by atoms with Gasteiger partial charge in [-0.15, -0.1) is 0 Å². The number of carboxylic acids is 2. The predicted molar refractivity (Wildman–Crippen MR) is 163 cm³/mol. The van der Waals surface area contributed by atoms with Gasteiger partial charge in [0.05, 0.1) is 11.0 Å². The van der Waals surface area contributed by atoms with Gasteiger partial charge in [0.2, 0.25) is 0 Å². The summed E-state index contributed by atoms with van der Waals surface area (Å²) in [7, 11) is 0. The third-order valence-electron chi connectivity index (χ3n) is 15.1. The van der Waals surface area contributed by atoms with Gasteiger partial charge >= 0.3 is 11.9 Å². The molecule has 0 spiro atoms. The molecule has 0 aliphatic heterocycles. The van der Waals surface area contributed by atoms with Gasteiger partial charge in [-0.25, -0.2) is 4.79 Å². The average molecular weight is 561 g/mol. The van der Waals surface area contributed by atoms with Crippen LogP contribution in [0.25, 0.3) is 0 Å². The third-order valence-corrected chi connectivity index (χ3v) is 15.1. The largest absolute Gasteiger partial charge is 0.481 e. The average Bonchev–Trinajstić information content (AvgIpc) is 3.30. The Kier molecular flexibility index (Phi) is 6.50. The number of carboxylic acid groups (broad SMARTS) is 2. The van der Waals surface area contributed by atoms with Gasteiger partial charge in [0.25, 0.3) is 0 Å². The van der Waals surface area contributed by atoms with E-state index in [4.69, 9.17) is 0 Å². The summed E-state index contributed by atoms with van der Waals surface area (Å²) in [5, 5.41) is 20.0. The Morgan fingerprint density at radius 2 is 1.46 bits per heavy atom. The van der Waals surface area contributed by atoms with E-state index in [-0.39, 0.29) is 27.6 Å². The van der Waals surface area contributed by atoms with E-state index in [9.17, 15) is 19.8 Å². The summed E-state index contributed by atoms with van der Waals surface area (Å²) in [6.45, 7) is 19.3. The van der Waals surface area contributed by atoms with Gasteiger partial charge in [0.15, 0.2) is 0 Å². The van der Waals surface area contributed by atoms with Crippen molar-refractivity contribution in [2.45, 2.75) is 112 Å². The second-order valence-electron chi connectivity index (χ2n) is 16.5. The van der Waals surface area contributed by atoms with Crippen molar-refractivity contribution in [3.63, 3.8) is 0 Å². The lowest BCUT2D eigenvalue weighted by Crippen LogP contribution is -2.66. The molecule has 1 aromatic carbocycles. The topological polar surface area (TPSA) is 74.6 Å². The van der Waals surface area contributed by atoms with E-state index < -0.39 is 17.4 Å². The Balaban J connectivity index is 1.34. The van der Waals surface area contributed by atoms with Crippen LogP contribution >= 0.6 is 0 Å². The first-order valence-electron chi connectivity index (χ1n) is 16.4. The molecule has 0 amide bonds. The molecule has 0 bridgehead atoms. The number of carbonyl (C=O) groups is 2. The summed E-state index contributed by atoms with van der Waals surface area (Å²) in [5.74, 6) is 1.29. The zero-order chi connectivity index (χ0) is 29.8. The van der Waals surface area contributed by atoms with Crippen molar-refractivity contribution in [3.05, 3.63) is 47.5 Å². The van der Waals surface area contributed by atoms with E-state index in [1.165, 1.54) is 36.8 Å². The normalized spacial score (nSPS) is 46.4. The second kappa shape index (κ2) is 9.20. The molecule has 4 nitrogen and oxygen atoms in total. The molecule has 5 aliphatic rings. The van der Waals surface area contributed by atoms with Crippen molar-refractivity contribution in [3.8, 4) is 0 Å². The van der Waals surface area contributed by atoms with Gasteiger partial charge in [-0.05, 0) is 146 Å². The maximum absolute atomic E-state index is 12.9. The standard InChI is InChI=1S/C37H52O4/c1-22(2)25-14-19-37(32(40)41)21-20-35(6)27(30(25)37)12-13-29-34(5)17-15-26(23-8-10-24(11-9-23)31(38)39)33(3,4)28(34)16-18-36(29,35)7/h8-11,25-30H,1,12-21H2,2-7H3,(H,38,39)(H,40,41)/t25-,26-,27+,28-,29+,30+,34-,35+,36+,37-/m0/s1. The van der Waals surface area contributed by atoms with Crippen LogP contribution in [0.5, 0.6) is 0 Å². The zero-order valence-corrected chi connectivity index (χ0v) is 26.3. The lowest BCUT2D eigenvalue weighted by atomic mass is 9.31. The van der Waals surface area contributed by atoms with Crippen LogP contribution in [-0.2, 0) is 4.79 Å². The maximum Gasteiger partial charge on any atom is 0.335 e. The lowest BCUT2D eigenvalue weighted by molar-refractivity contribution is -0.239. The van der Waals surface area contributed by atoms with E-state index in [0.29, 0.717) is 35.2 Å². The molecule has 0 unspecified atom stereocenters. The van der Waals surface area contributed by atoms with E-state index >= 15 is 0 Å². The molecule has 2 N–H and O–H groups in total. The van der Waals surface area contributed by atoms with Crippen LogP contribution in [0.15, 0.2) is 36.4 Å². The minimum Gasteiger partial charge on any atom is -0.481 e. The maximum atomic E-state index is 12.9. The minimum absolute atomic E-state index is 0.123. The molecule has 4 heteroatoms. The second-order valence-corrected chi connectivity index (χ2v) is 16.5. The molecule has 0 heterocycles. The smallest absolute Gasteiger partial charge is 0.335 e. The Morgan fingerprint density at radius 3 is 2.07 bits per heavy atom. The Morgan fingerprint density at radius 1 is 0.780 bits per heavy atom. The summed E-state index contributed by atoms with van der Waals surface area (Å²) in [5.41, 5.74) is 3.03. The van der Waals surface area contributed by atoms with Crippen LogP contribution in [0.3, 0.4) is 0 Å². The van der Waals surface area contributed by atoms with E-state index in [2.05, 4.69) is 60.3 Å². The molecule has 5 fully saturated rings. The first kappa shape index (κ1) is 29.0. The number of aliphatic carboxylic acids is 1. The fraction of sp³-hybridized carbons (Fsp3) is 0.730. The SMILES string of the molecule is C=C(C)[C@@H]1CC[C@]2(C(=O)O)CC[C@]3(C)[C@H](CC[C@@H]4[C@@]5(C)CC[C@@H](c6ccc(C(=O)O)cc6)C(C)(C)[C@@H]5CC[C@]43C)[C@@H]12. The predicted octanol–water partition coefficient (Wildman–Crippen LogP) is 9.21. The van der Waals surface area contributed by atoms with Gasteiger partial charge in [-0.1, -0.05) is 58.9 Å². The van der Waals surface area contributed by atoms with E-state index in [0.717, 1.165) is 38.5 Å². The summed E-state index contributed by atoms with van der Waals surface area (Å²) in [6, 6.07) is 7.69. The Hall–Kier alpha value is -2.10. The van der Waals surface area contributed by atoms with Gasteiger partial charge < -0.3 is 10.2 Å². The molecule has 41 heavy (non-hydrogen) atoms. The summed E-state index contributed by atoms with van der Waals surface area (Å²) in [4.78, 5) is 24.4. The third kappa shape index (κ3) is 3.70. The highest BCUT2D eigenvalue weighted by atomic mass is 16.4. The number of benzene rings is 1. The first-order chi connectivity index (χ1) is 19.1. The zero-order valence-electron chi connectivity index (χ0n) is 26.3. The van der Waals surface area contributed by atoms with Gasteiger partial charge in [0, 0.05) is 0 Å². The van der Waals surface area contributed by atoms with Crippen LogP contribution in [0, 0.1) is 56.7 Å².